The first-order valence-corrected chi connectivity index (χ1v) is 11.5. The number of aromatic nitrogens is 1. The molecule has 174 valence electrons. The minimum Gasteiger partial charge on any atom is -0.467 e. The average molecular weight is 460 g/mol. The minimum atomic E-state index is -0.319. The molecule has 0 fully saturated rings. The lowest BCUT2D eigenvalue weighted by Crippen LogP contribution is -2.34. The molecule has 2 amide bonds. The van der Waals surface area contributed by atoms with Gasteiger partial charge >= 0.3 is 0 Å². The summed E-state index contributed by atoms with van der Waals surface area (Å²) in [7, 11) is 0. The van der Waals surface area contributed by atoms with E-state index in [0.717, 1.165) is 46.3 Å². The van der Waals surface area contributed by atoms with Gasteiger partial charge in [-0.2, -0.15) is 0 Å². The van der Waals surface area contributed by atoms with Gasteiger partial charge in [0.05, 0.1) is 12.8 Å². The number of rotatable bonds is 7. The van der Waals surface area contributed by atoms with Gasteiger partial charge in [-0.3, -0.25) is 9.59 Å². The van der Waals surface area contributed by atoms with Crippen LogP contribution in [-0.2, 0) is 42.1 Å². The van der Waals surface area contributed by atoms with Crippen LogP contribution >= 0.6 is 0 Å². The van der Waals surface area contributed by atoms with Crippen LogP contribution in [0.25, 0.3) is 10.9 Å². The van der Waals surface area contributed by atoms with Crippen molar-refractivity contribution in [1.82, 2.24) is 15.2 Å². The van der Waals surface area contributed by atoms with Gasteiger partial charge in [-0.15, -0.1) is 0 Å². The Bertz CT molecular complexity index is 1330. The molecule has 0 radical (unpaired) electrons. The monoisotopic (exact) mass is 459 g/mol. The highest BCUT2D eigenvalue weighted by Gasteiger charge is 2.29. The summed E-state index contributed by atoms with van der Waals surface area (Å²) in [5.74, 6) is 0.173. The molecule has 2 aromatic carbocycles. The Labute approximate surface area is 196 Å². The van der Waals surface area contributed by atoms with Gasteiger partial charge in [0, 0.05) is 29.1 Å². The van der Waals surface area contributed by atoms with Gasteiger partial charge < -0.3 is 19.6 Å². The number of hydrogen-bond acceptors (Lipinski definition) is 3. The summed E-state index contributed by atoms with van der Waals surface area (Å²) in [4.78, 5) is 25.6. The van der Waals surface area contributed by atoms with Gasteiger partial charge in [0.15, 0.2) is 0 Å². The maximum atomic E-state index is 13.4. The van der Waals surface area contributed by atoms with E-state index < -0.39 is 0 Å². The van der Waals surface area contributed by atoms with Gasteiger partial charge in [0.2, 0.25) is 11.8 Å². The predicted molar refractivity (Wildman–Crippen MR) is 126 cm³/mol. The van der Waals surface area contributed by atoms with E-state index in [4.69, 9.17) is 4.42 Å². The molecule has 34 heavy (non-hydrogen) atoms. The number of benzene rings is 2. The fourth-order valence-electron chi connectivity index (χ4n) is 4.78. The number of amides is 2. The van der Waals surface area contributed by atoms with Crippen molar-refractivity contribution >= 4 is 22.7 Å². The van der Waals surface area contributed by atoms with Crippen LogP contribution in [0.4, 0.5) is 4.39 Å². The third-order valence-electron chi connectivity index (χ3n) is 6.44. The number of hydrogen-bond donors (Lipinski definition) is 2. The lowest BCUT2D eigenvalue weighted by atomic mass is 9.85. The van der Waals surface area contributed by atoms with Crippen LogP contribution in [0.5, 0.6) is 0 Å². The Hall–Kier alpha value is -3.87. The van der Waals surface area contributed by atoms with E-state index in [2.05, 4.69) is 21.3 Å². The van der Waals surface area contributed by atoms with Crippen molar-refractivity contribution in [2.75, 3.05) is 0 Å². The first-order valence-electron chi connectivity index (χ1n) is 11.5. The van der Waals surface area contributed by atoms with E-state index in [1.807, 2.05) is 24.3 Å². The normalized spacial score (nSPS) is 15.1. The molecule has 1 atom stereocenters. The number of furan rings is 1. The van der Waals surface area contributed by atoms with E-state index >= 15 is 0 Å². The molecule has 6 nitrogen and oxygen atoms in total. The predicted octanol–water partition coefficient (Wildman–Crippen LogP) is 4.11. The molecule has 0 aliphatic heterocycles. The zero-order valence-electron chi connectivity index (χ0n) is 18.7. The van der Waals surface area contributed by atoms with Gasteiger partial charge in [-0.05, 0) is 60.7 Å². The summed E-state index contributed by atoms with van der Waals surface area (Å²) in [6, 6.07) is 17.9. The quantitative estimate of drug-likeness (QED) is 0.437. The van der Waals surface area contributed by atoms with E-state index in [1.165, 1.54) is 12.1 Å². The molecule has 1 aliphatic rings. The Morgan fingerprint density at radius 2 is 1.91 bits per heavy atom. The number of para-hydroxylation sites is 1. The van der Waals surface area contributed by atoms with Crippen molar-refractivity contribution in [3.8, 4) is 0 Å². The van der Waals surface area contributed by atoms with Crippen LogP contribution in [0.1, 0.15) is 29.0 Å². The molecular weight excluding hydrogens is 433 g/mol. The van der Waals surface area contributed by atoms with Crippen LogP contribution in [0, 0.1) is 11.7 Å². The van der Waals surface area contributed by atoms with Gasteiger partial charge in [-0.1, -0.05) is 30.3 Å². The smallest absolute Gasteiger partial charge is 0.240 e. The first-order chi connectivity index (χ1) is 16.6. The molecule has 0 spiro atoms. The standard InChI is InChI=1S/C27H26FN3O3/c28-20-6-3-5-18(13-20)15-29-26(32)17-31-24-9-2-1-8-22(24)23-14-19(10-11-25(23)31)27(33)30-16-21-7-4-12-34-21/h1-9,12-13,19H,10-11,14-17H2,(H,29,32)(H,30,33). The fraction of sp³-hybridized carbons (Fsp3) is 0.259. The molecule has 0 saturated heterocycles. The molecule has 2 aromatic heterocycles. The summed E-state index contributed by atoms with van der Waals surface area (Å²) in [5.41, 5.74) is 3.95. The molecule has 2 heterocycles. The third kappa shape index (κ3) is 4.59. The van der Waals surface area contributed by atoms with Crippen LogP contribution in [-0.4, -0.2) is 16.4 Å². The number of fused-ring (bicyclic) bond motifs is 3. The van der Waals surface area contributed by atoms with Crippen molar-refractivity contribution in [3.63, 3.8) is 0 Å². The Morgan fingerprint density at radius 3 is 2.74 bits per heavy atom. The molecule has 4 aromatic rings. The highest BCUT2D eigenvalue weighted by molar-refractivity contribution is 5.89. The topological polar surface area (TPSA) is 76.3 Å². The molecule has 7 heteroatoms. The van der Waals surface area contributed by atoms with Gasteiger partial charge in [0.1, 0.15) is 18.1 Å². The zero-order valence-corrected chi connectivity index (χ0v) is 18.7. The highest BCUT2D eigenvalue weighted by atomic mass is 19.1. The molecule has 5 rings (SSSR count). The second-order valence-electron chi connectivity index (χ2n) is 8.67. The number of carbonyl (C=O) groups is 2. The van der Waals surface area contributed by atoms with Crippen LogP contribution in [0.3, 0.4) is 0 Å². The second kappa shape index (κ2) is 9.55. The van der Waals surface area contributed by atoms with Crippen LogP contribution in [0.2, 0.25) is 0 Å². The van der Waals surface area contributed by atoms with E-state index in [0.29, 0.717) is 13.0 Å². The lowest BCUT2D eigenvalue weighted by Gasteiger charge is -2.23. The number of nitrogens with zero attached hydrogens (tertiary/aromatic N) is 1. The summed E-state index contributed by atoms with van der Waals surface area (Å²) in [5, 5.41) is 6.95. The van der Waals surface area contributed by atoms with E-state index in [1.54, 1.807) is 24.5 Å². The Balaban J connectivity index is 1.31. The van der Waals surface area contributed by atoms with Crippen molar-refractivity contribution in [1.29, 1.82) is 0 Å². The molecule has 1 unspecified atom stereocenters. The summed E-state index contributed by atoms with van der Waals surface area (Å²) < 4.78 is 20.8. The molecule has 2 N–H and O–H groups in total. The van der Waals surface area contributed by atoms with Gasteiger partial charge in [-0.25, -0.2) is 4.39 Å². The largest absolute Gasteiger partial charge is 0.467 e. The van der Waals surface area contributed by atoms with Gasteiger partial charge in [0.25, 0.3) is 0 Å². The van der Waals surface area contributed by atoms with Crippen LogP contribution in [0.15, 0.2) is 71.3 Å². The van der Waals surface area contributed by atoms with E-state index in [-0.39, 0.29) is 36.6 Å². The Kier molecular flexibility index (Phi) is 6.16. The Morgan fingerprint density at radius 1 is 1.03 bits per heavy atom. The minimum absolute atomic E-state index is 0.0201. The molecule has 0 bridgehead atoms. The average Bonchev–Trinajstić information content (AvgIpc) is 3.48. The molecule has 1 aliphatic carbocycles. The van der Waals surface area contributed by atoms with Crippen molar-refractivity contribution < 1.29 is 18.4 Å². The molecule has 0 saturated carbocycles. The van der Waals surface area contributed by atoms with E-state index in [9.17, 15) is 14.0 Å². The number of carbonyl (C=O) groups excluding carboxylic acids is 2. The van der Waals surface area contributed by atoms with Crippen molar-refractivity contribution in [2.24, 2.45) is 5.92 Å². The summed E-state index contributed by atoms with van der Waals surface area (Å²) in [6.07, 6.45) is 3.67. The van der Waals surface area contributed by atoms with Crippen molar-refractivity contribution in [2.45, 2.75) is 38.9 Å². The maximum absolute atomic E-state index is 13.4. The maximum Gasteiger partial charge on any atom is 0.240 e. The number of nitrogens with one attached hydrogen (secondary N) is 2. The molecular formula is C27H26FN3O3. The first kappa shape index (κ1) is 21.9. The third-order valence-corrected chi connectivity index (χ3v) is 6.44. The SMILES string of the molecule is O=C(Cn1c2c(c3ccccc31)CC(C(=O)NCc1ccco1)CC2)NCc1cccc(F)c1. The fourth-order valence-corrected chi connectivity index (χ4v) is 4.78. The number of halogens is 1. The highest BCUT2D eigenvalue weighted by Crippen LogP contribution is 2.34. The lowest BCUT2D eigenvalue weighted by molar-refractivity contribution is -0.125. The summed E-state index contributed by atoms with van der Waals surface area (Å²) in [6.45, 7) is 0.832. The van der Waals surface area contributed by atoms with Crippen molar-refractivity contribution in [3.05, 3.63) is 95.3 Å². The summed E-state index contributed by atoms with van der Waals surface area (Å²) >= 11 is 0. The zero-order chi connectivity index (χ0) is 23.5. The second-order valence-corrected chi connectivity index (χ2v) is 8.67. The van der Waals surface area contributed by atoms with Crippen LogP contribution < -0.4 is 10.6 Å².